The molecule has 6 heteroatoms. The van der Waals surface area contributed by atoms with E-state index in [1.165, 1.54) is 17.7 Å². The number of aromatic nitrogens is 4. The summed E-state index contributed by atoms with van der Waals surface area (Å²) in [5.41, 5.74) is 4.50. The molecule has 3 aromatic heterocycles. The zero-order valence-corrected chi connectivity index (χ0v) is 16.1. The van der Waals surface area contributed by atoms with Gasteiger partial charge in [0.05, 0.1) is 23.0 Å². The maximum atomic E-state index is 11.1. The van der Waals surface area contributed by atoms with Gasteiger partial charge >= 0.3 is 0 Å². The molecule has 2 unspecified atom stereocenters. The van der Waals surface area contributed by atoms with E-state index in [1.54, 1.807) is 10.9 Å². The minimum absolute atomic E-state index is 0.138. The molecule has 2 aliphatic rings. The van der Waals surface area contributed by atoms with E-state index in [2.05, 4.69) is 23.0 Å². The molecule has 0 saturated carbocycles. The van der Waals surface area contributed by atoms with Gasteiger partial charge in [-0.25, -0.2) is 4.98 Å². The lowest BCUT2D eigenvalue weighted by atomic mass is 9.86. The van der Waals surface area contributed by atoms with Crippen LogP contribution < -0.4 is 0 Å². The van der Waals surface area contributed by atoms with Gasteiger partial charge in [0.15, 0.2) is 5.82 Å². The lowest BCUT2D eigenvalue weighted by Gasteiger charge is -2.39. The molecule has 1 N–H and O–H groups in total. The van der Waals surface area contributed by atoms with Gasteiger partial charge in [0.25, 0.3) is 0 Å². The first kappa shape index (κ1) is 17.4. The predicted molar refractivity (Wildman–Crippen MR) is 106 cm³/mol. The topological polar surface area (TPSA) is 67.1 Å². The number of aromatic hydroxyl groups is 1. The van der Waals surface area contributed by atoms with Crippen LogP contribution in [0.1, 0.15) is 60.3 Å². The molecule has 0 radical (unpaired) electrons. The summed E-state index contributed by atoms with van der Waals surface area (Å²) in [6.45, 7) is 0. The van der Waals surface area contributed by atoms with Crippen LogP contribution in [-0.4, -0.2) is 36.8 Å². The van der Waals surface area contributed by atoms with Crippen LogP contribution in [0.25, 0.3) is 5.82 Å². The number of aryl methyl sites for hydroxylation is 2. The summed E-state index contributed by atoms with van der Waals surface area (Å²) in [6, 6.07) is 10.3. The SMILES string of the molecule is CN(C1CCCc2cccnc21)C1CCCc2nn(-c3ccccn3)c(O)c21. The Morgan fingerprint density at radius 1 is 1.00 bits per heavy atom. The van der Waals surface area contributed by atoms with Crippen molar-refractivity contribution in [1.29, 1.82) is 0 Å². The van der Waals surface area contributed by atoms with Crippen molar-refractivity contribution >= 4 is 0 Å². The fourth-order valence-corrected chi connectivity index (χ4v) is 4.84. The highest BCUT2D eigenvalue weighted by Crippen LogP contribution is 2.44. The standard InChI is InChI=1S/C22H25N5O/c1-26(18-11-4-7-15-8-6-14-24-21(15)18)17-10-5-9-16-20(17)22(28)27(25-16)19-12-2-3-13-23-19/h2-3,6,8,12-14,17-18,28H,4-5,7,9-11H2,1H3. The van der Waals surface area contributed by atoms with E-state index < -0.39 is 0 Å². The van der Waals surface area contributed by atoms with Crippen LogP contribution in [-0.2, 0) is 12.8 Å². The third kappa shape index (κ3) is 2.79. The van der Waals surface area contributed by atoms with Crippen LogP contribution in [0, 0.1) is 0 Å². The molecule has 6 nitrogen and oxygen atoms in total. The van der Waals surface area contributed by atoms with Gasteiger partial charge in [0.2, 0.25) is 5.88 Å². The van der Waals surface area contributed by atoms with Gasteiger partial charge in [0.1, 0.15) is 0 Å². The van der Waals surface area contributed by atoms with Crippen LogP contribution in [0.15, 0.2) is 42.7 Å². The average molecular weight is 375 g/mol. The smallest absolute Gasteiger partial charge is 0.220 e. The van der Waals surface area contributed by atoms with Crippen molar-refractivity contribution in [3.8, 4) is 11.7 Å². The Morgan fingerprint density at radius 3 is 2.68 bits per heavy atom. The first-order chi connectivity index (χ1) is 13.7. The Hall–Kier alpha value is -2.73. The lowest BCUT2D eigenvalue weighted by Crippen LogP contribution is -2.33. The molecule has 0 aromatic carbocycles. The monoisotopic (exact) mass is 375 g/mol. The Bertz CT molecular complexity index is 984. The second-order valence-corrected chi connectivity index (χ2v) is 7.81. The van der Waals surface area contributed by atoms with Crippen molar-refractivity contribution in [3.63, 3.8) is 0 Å². The third-order valence-corrected chi connectivity index (χ3v) is 6.21. The summed E-state index contributed by atoms with van der Waals surface area (Å²) in [5, 5.41) is 15.8. The Morgan fingerprint density at radius 2 is 1.82 bits per heavy atom. The first-order valence-corrected chi connectivity index (χ1v) is 10.1. The summed E-state index contributed by atoms with van der Waals surface area (Å²) in [5.74, 6) is 0.878. The molecule has 3 heterocycles. The molecule has 0 aliphatic heterocycles. The molecule has 0 bridgehead atoms. The van der Waals surface area contributed by atoms with Gasteiger partial charge in [-0.15, -0.1) is 0 Å². The molecule has 144 valence electrons. The summed E-state index contributed by atoms with van der Waals surface area (Å²) in [4.78, 5) is 11.5. The minimum atomic E-state index is 0.138. The fourth-order valence-electron chi connectivity index (χ4n) is 4.84. The largest absolute Gasteiger partial charge is 0.493 e. The second kappa shape index (κ2) is 7.02. The molecule has 2 atom stereocenters. The summed E-state index contributed by atoms with van der Waals surface area (Å²) < 4.78 is 1.59. The third-order valence-electron chi connectivity index (χ3n) is 6.21. The fraction of sp³-hybridized carbons (Fsp3) is 0.409. The van der Waals surface area contributed by atoms with Gasteiger partial charge in [-0.2, -0.15) is 9.78 Å². The summed E-state index contributed by atoms with van der Waals surface area (Å²) in [7, 11) is 2.17. The van der Waals surface area contributed by atoms with E-state index in [4.69, 9.17) is 10.1 Å². The molecule has 0 amide bonds. The number of pyridine rings is 2. The van der Waals surface area contributed by atoms with Crippen molar-refractivity contribution in [3.05, 3.63) is 65.2 Å². The predicted octanol–water partition coefficient (Wildman–Crippen LogP) is 3.75. The highest BCUT2D eigenvalue weighted by atomic mass is 16.3. The Balaban J connectivity index is 1.53. The van der Waals surface area contributed by atoms with Crippen LogP contribution in [0.4, 0.5) is 0 Å². The van der Waals surface area contributed by atoms with Gasteiger partial charge < -0.3 is 5.11 Å². The average Bonchev–Trinajstić information content (AvgIpc) is 3.10. The van der Waals surface area contributed by atoms with E-state index in [1.807, 2.05) is 30.5 Å². The van der Waals surface area contributed by atoms with E-state index >= 15 is 0 Å². The van der Waals surface area contributed by atoms with Gasteiger partial charge in [-0.05, 0) is 69.3 Å². The Kier molecular flexibility index (Phi) is 4.36. The van der Waals surface area contributed by atoms with Crippen LogP contribution in [0.3, 0.4) is 0 Å². The van der Waals surface area contributed by atoms with E-state index in [0.29, 0.717) is 5.82 Å². The quantitative estimate of drug-likeness (QED) is 0.755. The van der Waals surface area contributed by atoms with Gasteiger partial charge in [0, 0.05) is 18.4 Å². The van der Waals surface area contributed by atoms with Crippen molar-refractivity contribution in [2.75, 3.05) is 7.05 Å². The number of rotatable bonds is 3. The van der Waals surface area contributed by atoms with E-state index in [9.17, 15) is 5.11 Å². The molecular formula is C22H25N5O. The van der Waals surface area contributed by atoms with Crippen LogP contribution in [0.2, 0.25) is 0 Å². The van der Waals surface area contributed by atoms with Crippen LogP contribution >= 0.6 is 0 Å². The van der Waals surface area contributed by atoms with Crippen molar-refractivity contribution in [2.24, 2.45) is 0 Å². The molecule has 2 aliphatic carbocycles. The van der Waals surface area contributed by atoms with Crippen molar-refractivity contribution < 1.29 is 5.11 Å². The summed E-state index contributed by atoms with van der Waals surface area (Å²) >= 11 is 0. The lowest BCUT2D eigenvalue weighted by molar-refractivity contribution is 0.136. The van der Waals surface area contributed by atoms with E-state index in [0.717, 1.165) is 43.4 Å². The zero-order valence-electron chi connectivity index (χ0n) is 16.1. The van der Waals surface area contributed by atoms with Crippen molar-refractivity contribution in [2.45, 2.75) is 50.6 Å². The highest BCUT2D eigenvalue weighted by molar-refractivity contribution is 5.41. The minimum Gasteiger partial charge on any atom is -0.493 e. The second-order valence-electron chi connectivity index (χ2n) is 7.81. The molecule has 5 rings (SSSR count). The molecule has 0 saturated heterocycles. The van der Waals surface area contributed by atoms with Crippen LogP contribution in [0.5, 0.6) is 5.88 Å². The first-order valence-electron chi connectivity index (χ1n) is 10.1. The maximum Gasteiger partial charge on any atom is 0.220 e. The normalized spacial score (nSPS) is 21.4. The van der Waals surface area contributed by atoms with E-state index in [-0.39, 0.29) is 18.0 Å². The number of nitrogens with zero attached hydrogens (tertiary/aromatic N) is 5. The van der Waals surface area contributed by atoms with Crippen molar-refractivity contribution in [1.82, 2.24) is 24.6 Å². The molecule has 28 heavy (non-hydrogen) atoms. The maximum absolute atomic E-state index is 11.1. The number of fused-ring (bicyclic) bond motifs is 2. The van der Waals surface area contributed by atoms with Gasteiger partial charge in [-0.1, -0.05) is 12.1 Å². The number of hydrogen-bond donors (Lipinski definition) is 1. The molecule has 0 fully saturated rings. The molecular weight excluding hydrogens is 350 g/mol. The Labute approximate surface area is 164 Å². The molecule has 3 aromatic rings. The summed E-state index contributed by atoms with van der Waals surface area (Å²) in [6.07, 6.45) is 9.98. The highest BCUT2D eigenvalue weighted by Gasteiger charge is 2.36. The number of hydrogen-bond acceptors (Lipinski definition) is 5. The zero-order chi connectivity index (χ0) is 19.1. The molecule has 0 spiro atoms. The van der Waals surface area contributed by atoms with Gasteiger partial charge in [-0.3, -0.25) is 9.88 Å².